The summed E-state index contributed by atoms with van der Waals surface area (Å²) in [6.45, 7) is 4.31. The van der Waals surface area contributed by atoms with Gasteiger partial charge < -0.3 is 14.8 Å². The Morgan fingerprint density at radius 1 is 1.27 bits per heavy atom. The van der Waals surface area contributed by atoms with Crippen LogP contribution in [0.3, 0.4) is 0 Å². The lowest BCUT2D eigenvalue weighted by atomic mass is 9.80. The third kappa shape index (κ3) is 2.47. The molecule has 0 amide bonds. The first kappa shape index (κ1) is 17.5. The molecule has 4 nitrogen and oxygen atoms in total. The summed E-state index contributed by atoms with van der Waals surface area (Å²) in [7, 11) is 1.67. The minimum Gasteiger partial charge on any atom is -0.493 e. The first-order valence-electron chi connectivity index (χ1n) is 8.60. The number of rotatable bonds is 3. The average Bonchev–Trinajstić information content (AvgIpc) is 2.64. The van der Waals surface area contributed by atoms with Gasteiger partial charge in [-0.15, -0.1) is 11.8 Å². The Morgan fingerprint density at radius 2 is 2.04 bits per heavy atom. The van der Waals surface area contributed by atoms with Crippen molar-refractivity contribution >= 4 is 34.8 Å². The second-order valence-corrected chi connectivity index (χ2v) is 8.05. The van der Waals surface area contributed by atoms with E-state index in [4.69, 9.17) is 21.7 Å². The van der Waals surface area contributed by atoms with Crippen molar-refractivity contribution in [3.05, 3.63) is 48.0 Å². The first-order chi connectivity index (χ1) is 12.5. The molecule has 1 saturated heterocycles. The Bertz CT molecular complexity index is 873. The Kier molecular flexibility index (Phi) is 4.28. The monoisotopic (exact) mass is 386 g/mol. The number of hydrogen-bond donors (Lipinski definition) is 1. The molecular weight excluding hydrogens is 364 g/mol. The van der Waals surface area contributed by atoms with Crippen LogP contribution < -0.4 is 19.7 Å². The van der Waals surface area contributed by atoms with Crippen molar-refractivity contribution in [1.29, 1.82) is 0 Å². The summed E-state index contributed by atoms with van der Waals surface area (Å²) < 4.78 is 12.2. The van der Waals surface area contributed by atoms with Crippen LogP contribution in [0.25, 0.3) is 0 Å². The average molecular weight is 387 g/mol. The minimum absolute atomic E-state index is 0.0892. The number of hydrogen-bond acceptors (Lipinski definition) is 4. The maximum Gasteiger partial charge on any atom is 0.191 e. The summed E-state index contributed by atoms with van der Waals surface area (Å²) in [5.74, 6) is 1.73. The second kappa shape index (κ2) is 6.35. The largest absolute Gasteiger partial charge is 0.493 e. The molecule has 0 radical (unpaired) electrons. The number of fused-ring (bicyclic) bond motifs is 4. The highest BCUT2D eigenvalue weighted by molar-refractivity contribution is 7.98. The molecule has 3 atom stereocenters. The van der Waals surface area contributed by atoms with E-state index < -0.39 is 5.72 Å². The predicted octanol–water partition coefficient (Wildman–Crippen LogP) is 4.60. The molecule has 4 rings (SSSR count). The van der Waals surface area contributed by atoms with E-state index in [0.717, 1.165) is 22.7 Å². The van der Waals surface area contributed by atoms with Crippen molar-refractivity contribution in [2.45, 2.75) is 30.5 Å². The number of thiocarbonyl (C=S) groups is 1. The molecule has 2 heterocycles. The molecule has 0 aromatic heterocycles. The Labute approximate surface area is 163 Å². The fourth-order valence-corrected chi connectivity index (χ4v) is 4.77. The Balaban J connectivity index is 1.86. The summed E-state index contributed by atoms with van der Waals surface area (Å²) in [4.78, 5) is 3.29. The molecule has 2 aliphatic heterocycles. The zero-order chi connectivity index (χ0) is 18.5. The van der Waals surface area contributed by atoms with E-state index in [9.17, 15) is 0 Å². The second-order valence-electron chi connectivity index (χ2n) is 6.79. The molecule has 1 fully saturated rings. The molecule has 26 heavy (non-hydrogen) atoms. The number of benzene rings is 2. The van der Waals surface area contributed by atoms with Gasteiger partial charge >= 0.3 is 0 Å². The summed E-state index contributed by atoms with van der Waals surface area (Å²) >= 11 is 7.47. The van der Waals surface area contributed by atoms with Crippen LogP contribution >= 0.6 is 24.0 Å². The Morgan fingerprint density at radius 3 is 2.77 bits per heavy atom. The van der Waals surface area contributed by atoms with E-state index in [1.807, 2.05) is 12.1 Å². The molecule has 0 spiro atoms. The fourth-order valence-electron chi connectivity index (χ4n) is 3.90. The SMILES string of the molecule is COc1cccc2c1O[C@@]1(C)[C@H](C)[C@H]2NC(=S)N1c1cccc(SC)c1. The summed E-state index contributed by atoms with van der Waals surface area (Å²) in [6.07, 6.45) is 2.07. The van der Waals surface area contributed by atoms with Crippen LogP contribution in [0.1, 0.15) is 25.5 Å². The zero-order valence-corrected chi connectivity index (χ0v) is 16.9. The van der Waals surface area contributed by atoms with Gasteiger partial charge in [0.2, 0.25) is 0 Å². The van der Waals surface area contributed by atoms with Crippen LogP contribution in [0.5, 0.6) is 11.5 Å². The lowest BCUT2D eigenvalue weighted by molar-refractivity contribution is -0.00548. The molecule has 2 aliphatic rings. The van der Waals surface area contributed by atoms with Crippen molar-refractivity contribution in [3.63, 3.8) is 0 Å². The molecular formula is C20H22N2O2S2. The standard InChI is InChI=1S/C20H22N2O2S2/c1-12-17-15-9-6-10-16(23-3)18(15)24-20(12,2)22(19(25)21-17)13-7-5-8-14(11-13)26-4/h5-12,17H,1-4H3,(H,21,25)/t12-,17-,20+/m1/s1. The lowest BCUT2D eigenvalue weighted by Crippen LogP contribution is -2.69. The van der Waals surface area contributed by atoms with Gasteiger partial charge in [0.05, 0.1) is 13.2 Å². The maximum absolute atomic E-state index is 6.60. The third-order valence-electron chi connectivity index (χ3n) is 5.46. The number of ether oxygens (including phenoxy) is 2. The van der Waals surface area contributed by atoms with Crippen molar-refractivity contribution in [2.75, 3.05) is 18.3 Å². The van der Waals surface area contributed by atoms with Crippen molar-refractivity contribution < 1.29 is 9.47 Å². The van der Waals surface area contributed by atoms with Crippen molar-refractivity contribution in [3.8, 4) is 11.5 Å². The van der Waals surface area contributed by atoms with Crippen LogP contribution in [-0.4, -0.2) is 24.2 Å². The van der Waals surface area contributed by atoms with Crippen LogP contribution in [0.2, 0.25) is 0 Å². The normalized spacial score (nSPS) is 26.6. The van der Waals surface area contributed by atoms with Gasteiger partial charge in [0.25, 0.3) is 0 Å². The molecule has 1 N–H and O–H groups in total. The van der Waals surface area contributed by atoms with E-state index in [2.05, 4.69) is 60.7 Å². The van der Waals surface area contributed by atoms with E-state index in [-0.39, 0.29) is 12.0 Å². The molecule has 2 bridgehead atoms. The minimum atomic E-state index is -0.605. The number of methoxy groups -OCH3 is 1. The molecule has 2 aromatic rings. The van der Waals surface area contributed by atoms with Gasteiger partial charge in [-0.25, -0.2) is 0 Å². The van der Waals surface area contributed by atoms with Crippen LogP contribution in [-0.2, 0) is 0 Å². The molecule has 6 heteroatoms. The topological polar surface area (TPSA) is 33.7 Å². The highest BCUT2D eigenvalue weighted by Gasteiger charge is 2.54. The van der Waals surface area contributed by atoms with Crippen LogP contribution in [0.4, 0.5) is 5.69 Å². The number of para-hydroxylation sites is 1. The summed E-state index contributed by atoms with van der Waals surface area (Å²) in [5, 5.41) is 4.21. The van der Waals surface area contributed by atoms with E-state index >= 15 is 0 Å². The number of nitrogens with zero attached hydrogens (tertiary/aromatic N) is 1. The molecule has 0 aliphatic carbocycles. The van der Waals surface area contributed by atoms with Crippen molar-refractivity contribution in [2.24, 2.45) is 5.92 Å². The van der Waals surface area contributed by atoms with Gasteiger partial charge in [-0.2, -0.15) is 0 Å². The van der Waals surface area contributed by atoms with Crippen LogP contribution in [0, 0.1) is 5.92 Å². The summed E-state index contributed by atoms with van der Waals surface area (Å²) in [6, 6.07) is 14.5. The summed E-state index contributed by atoms with van der Waals surface area (Å²) in [5.41, 5.74) is 1.51. The highest BCUT2D eigenvalue weighted by Crippen LogP contribution is 2.52. The first-order valence-corrected chi connectivity index (χ1v) is 10.2. The number of nitrogens with one attached hydrogen (secondary N) is 1. The van der Waals surface area contributed by atoms with E-state index in [1.54, 1.807) is 18.9 Å². The molecule has 0 saturated carbocycles. The van der Waals surface area contributed by atoms with Crippen LogP contribution in [0.15, 0.2) is 47.4 Å². The lowest BCUT2D eigenvalue weighted by Gasteiger charge is -2.56. The Hall–Kier alpha value is -1.92. The third-order valence-corrected chi connectivity index (χ3v) is 6.48. The van der Waals surface area contributed by atoms with E-state index in [1.165, 1.54) is 4.90 Å². The van der Waals surface area contributed by atoms with Gasteiger partial charge in [0.15, 0.2) is 22.3 Å². The quantitative estimate of drug-likeness (QED) is 0.613. The van der Waals surface area contributed by atoms with Gasteiger partial charge in [0, 0.05) is 22.1 Å². The van der Waals surface area contributed by atoms with Gasteiger partial charge in [0.1, 0.15) is 0 Å². The number of anilines is 1. The smallest absolute Gasteiger partial charge is 0.191 e. The fraction of sp³-hybridized carbons (Fsp3) is 0.350. The highest BCUT2D eigenvalue weighted by atomic mass is 32.2. The maximum atomic E-state index is 6.60. The molecule has 2 aromatic carbocycles. The van der Waals surface area contributed by atoms with Gasteiger partial charge in [-0.1, -0.05) is 25.1 Å². The zero-order valence-electron chi connectivity index (χ0n) is 15.3. The van der Waals surface area contributed by atoms with Crippen molar-refractivity contribution in [1.82, 2.24) is 5.32 Å². The van der Waals surface area contributed by atoms with E-state index in [0.29, 0.717) is 5.11 Å². The number of thioether (sulfide) groups is 1. The molecule has 0 unspecified atom stereocenters. The van der Waals surface area contributed by atoms with Gasteiger partial charge in [-0.05, 0) is 49.7 Å². The predicted molar refractivity (Wildman–Crippen MR) is 110 cm³/mol. The van der Waals surface area contributed by atoms with Gasteiger partial charge in [-0.3, -0.25) is 4.90 Å². The molecule has 136 valence electrons.